The van der Waals surface area contributed by atoms with Gasteiger partial charge < -0.3 is 15.9 Å². The molecule has 0 saturated carbocycles. The molecule has 0 fully saturated rings. The highest BCUT2D eigenvalue weighted by molar-refractivity contribution is 4.34. The predicted octanol–water partition coefficient (Wildman–Crippen LogP) is -0.285. The molecule has 0 aliphatic rings. The zero-order valence-corrected chi connectivity index (χ0v) is 6.17. The molecule has 0 saturated heterocycles. The Hall–Kier alpha value is -0.120. The van der Waals surface area contributed by atoms with Gasteiger partial charge in [-0.1, -0.05) is 6.92 Å². The van der Waals surface area contributed by atoms with Crippen LogP contribution in [0.25, 0.3) is 0 Å². The van der Waals surface area contributed by atoms with Gasteiger partial charge in [-0.25, -0.2) is 0 Å². The first-order valence-corrected chi connectivity index (χ1v) is 3.18. The molecule has 3 nitrogen and oxygen atoms in total. The van der Waals surface area contributed by atoms with Crippen LogP contribution < -0.4 is 5.73 Å². The van der Waals surface area contributed by atoms with Crippen molar-refractivity contribution in [2.24, 2.45) is 5.73 Å². The maximum atomic E-state index is 8.36. The molecule has 0 heterocycles. The molecule has 0 aliphatic heterocycles. The van der Waals surface area contributed by atoms with E-state index in [1.54, 1.807) is 6.92 Å². The third-order valence-corrected chi connectivity index (χ3v) is 0.720. The maximum Gasteiger partial charge on any atom is 0.0553 e. The third-order valence-electron chi connectivity index (χ3n) is 0.720. The van der Waals surface area contributed by atoms with Gasteiger partial charge in [0.25, 0.3) is 0 Å². The number of nitrogens with two attached hydrogens (primary N) is 1. The van der Waals surface area contributed by atoms with E-state index in [9.17, 15) is 0 Å². The van der Waals surface area contributed by atoms with Crippen molar-refractivity contribution in [3.05, 3.63) is 0 Å². The lowest BCUT2D eigenvalue weighted by Crippen LogP contribution is -2.02. The van der Waals surface area contributed by atoms with E-state index in [0.717, 1.165) is 6.42 Å². The summed E-state index contributed by atoms with van der Waals surface area (Å²) in [7, 11) is 0. The van der Waals surface area contributed by atoms with Crippen molar-refractivity contribution in [1.82, 2.24) is 0 Å². The van der Waals surface area contributed by atoms with E-state index in [1.807, 2.05) is 6.92 Å². The molecule has 1 unspecified atom stereocenters. The van der Waals surface area contributed by atoms with Crippen molar-refractivity contribution in [3.63, 3.8) is 0 Å². The van der Waals surface area contributed by atoms with Gasteiger partial charge in [-0.15, -0.1) is 0 Å². The molecule has 0 radical (unpaired) electrons. The van der Waals surface area contributed by atoms with Crippen LogP contribution in [0.15, 0.2) is 0 Å². The second-order valence-corrected chi connectivity index (χ2v) is 1.77. The van der Waals surface area contributed by atoms with Crippen molar-refractivity contribution >= 4 is 0 Å². The SMILES string of the molecule is CCC(C)O.NCCO. The Morgan fingerprint density at radius 3 is 1.78 bits per heavy atom. The summed E-state index contributed by atoms with van der Waals surface area (Å²) in [6.07, 6.45) is 0.745. The summed E-state index contributed by atoms with van der Waals surface area (Å²) in [5.41, 5.74) is 4.78. The average molecular weight is 135 g/mol. The van der Waals surface area contributed by atoms with Crippen molar-refractivity contribution in [3.8, 4) is 0 Å². The van der Waals surface area contributed by atoms with Gasteiger partial charge in [0.05, 0.1) is 12.7 Å². The second kappa shape index (κ2) is 10.8. The lowest BCUT2D eigenvalue weighted by molar-refractivity contribution is 0.191. The summed E-state index contributed by atoms with van der Waals surface area (Å²) < 4.78 is 0. The fraction of sp³-hybridized carbons (Fsp3) is 1.00. The van der Waals surface area contributed by atoms with Crippen molar-refractivity contribution in [1.29, 1.82) is 0 Å². The van der Waals surface area contributed by atoms with Gasteiger partial charge in [0, 0.05) is 6.54 Å². The fourth-order valence-corrected chi connectivity index (χ4v) is 0. The molecule has 0 amide bonds. The molecule has 58 valence electrons. The van der Waals surface area contributed by atoms with Crippen molar-refractivity contribution in [2.75, 3.05) is 13.2 Å². The zero-order chi connectivity index (χ0) is 7.70. The second-order valence-electron chi connectivity index (χ2n) is 1.77. The molecular formula is C6H17NO2. The van der Waals surface area contributed by atoms with Gasteiger partial charge in [-0.05, 0) is 13.3 Å². The molecule has 0 aromatic rings. The van der Waals surface area contributed by atoms with E-state index in [0.29, 0.717) is 6.54 Å². The molecule has 0 rings (SSSR count). The summed E-state index contributed by atoms with van der Waals surface area (Å²) in [6.45, 7) is 4.20. The van der Waals surface area contributed by atoms with Gasteiger partial charge in [0.2, 0.25) is 0 Å². The quantitative estimate of drug-likeness (QED) is 0.487. The van der Waals surface area contributed by atoms with E-state index in [-0.39, 0.29) is 12.7 Å². The summed E-state index contributed by atoms with van der Waals surface area (Å²) >= 11 is 0. The summed E-state index contributed by atoms with van der Waals surface area (Å²) in [5.74, 6) is 0. The Labute approximate surface area is 56.5 Å². The molecule has 0 bridgehead atoms. The maximum absolute atomic E-state index is 8.36. The van der Waals surface area contributed by atoms with Crippen molar-refractivity contribution < 1.29 is 10.2 Å². The van der Waals surface area contributed by atoms with Gasteiger partial charge >= 0.3 is 0 Å². The number of aliphatic hydroxyl groups excluding tert-OH is 2. The highest BCUT2D eigenvalue weighted by atomic mass is 16.3. The van der Waals surface area contributed by atoms with Crippen LogP contribution in [0.1, 0.15) is 20.3 Å². The zero-order valence-electron chi connectivity index (χ0n) is 6.17. The molecular weight excluding hydrogens is 118 g/mol. The lowest BCUT2D eigenvalue weighted by atomic mass is 10.3. The molecule has 0 spiro atoms. The van der Waals surface area contributed by atoms with Crippen molar-refractivity contribution in [2.45, 2.75) is 26.4 Å². The van der Waals surface area contributed by atoms with Crippen LogP contribution in [0.5, 0.6) is 0 Å². The van der Waals surface area contributed by atoms with E-state index in [1.165, 1.54) is 0 Å². The van der Waals surface area contributed by atoms with E-state index in [2.05, 4.69) is 0 Å². The lowest BCUT2D eigenvalue weighted by Gasteiger charge is -1.90. The van der Waals surface area contributed by atoms with Crippen LogP contribution in [-0.4, -0.2) is 29.5 Å². The van der Waals surface area contributed by atoms with Crippen LogP contribution in [0, 0.1) is 0 Å². The van der Waals surface area contributed by atoms with Gasteiger partial charge in [-0.3, -0.25) is 0 Å². The van der Waals surface area contributed by atoms with Crippen LogP contribution in [-0.2, 0) is 0 Å². The Morgan fingerprint density at radius 1 is 1.56 bits per heavy atom. The topological polar surface area (TPSA) is 66.5 Å². The third kappa shape index (κ3) is 32.8. The smallest absolute Gasteiger partial charge is 0.0553 e. The summed E-state index contributed by atoms with van der Waals surface area (Å²) in [6, 6.07) is 0. The molecule has 0 aromatic carbocycles. The predicted molar refractivity (Wildman–Crippen MR) is 38.1 cm³/mol. The summed E-state index contributed by atoms with van der Waals surface area (Å²) in [4.78, 5) is 0. The minimum Gasteiger partial charge on any atom is -0.395 e. The van der Waals surface area contributed by atoms with Crippen LogP contribution in [0.3, 0.4) is 0 Å². The summed E-state index contributed by atoms with van der Waals surface area (Å²) in [5, 5.41) is 16.1. The minimum atomic E-state index is -0.116. The molecule has 3 heteroatoms. The Morgan fingerprint density at radius 2 is 1.78 bits per heavy atom. The average Bonchev–Trinajstić information content (AvgIpc) is 1.89. The van der Waals surface area contributed by atoms with Gasteiger partial charge in [-0.2, -0.15) is 0 Å². The molecule has 0 aliphatic carbocycles. The van der Waals surface area contributed by atoms with Gasteiger partial charge in [0.1, 0.15) is 0 Å². The van der Waals surface area contributed by atoms with Crippen LogP contribution >= 0.6 is 0 Å². The van der Waals surface area contributed by atoms with E-state index in [4.69, 9.17) is 15.9 Å². The van der Waals surface area contributed by atoms with E-state index < -0.39 is 0 Å². The van der Waals surface area contributed by atoms with Crippen LogP contribution in [0.2, 0.25) is 0 Å². The van der Waals surface area contributed by atoms with Gasteiger partial charge in [0.15, 0.2) is 0 Å². The first-order chi connectivity index (χ1) is 4.18. The standard InChI is InChI=1S/C4H10O.C2H7NO/c1-3-4(2)5;3-1-2-4/h4-5H,3H2,1-2H3;4H,1-3H2. The minimum absolute atomic E-state index is 0.0972. The fourth-order valence-electron chi connectivity index (χ4n) is 0. The Balaban J connectivity index is 0. The van der Waals surface area contributed by atoms with E-state index >= 15 is 0 Å². The number of hydrogen-bond acceptors (Lipinski definition) is 3. The van der Waals surface area contributed by atoms with Crippen LogP contribution in [0.4, 0.5) is 0 Å². The molecule has 9 heavy (non-hydrogen) atoms. The molecule has 1 atom stereocenters. The monoisotopic (exact) mass is 135 g/mol. The highest BCUT2D eigenvalue weighted by Crippen LogP contribution is 1.81. The first kappa shape index (κ1) is 11.6. The number of aliphatic hydroxyl groups is 2. The Kier molecular flexibility index (Phi) is 14.0. The Bertz CT molecular complexity index is 38.0. The largest absolute Gasteiger partial charge is 0.395 e. The molecule has 0 aromatic heterocycles. The molecule has 4 N–H and O–H groups in total. The first-order valence-electron chi connectivity index (χ1n) is 3.18. The number of rotatable bonds is 2. The highest BCUT2D eigenvalue weighted by Gasteiger charge is 1.81. The number of hydrogen-bond donors (Lipinski definition) is 3. The normalized spacial score (nSPS) is 11.7.